The van der Waals surface area contributed by atoms with Gasteiger partial charge in [0.25, 0.3) is 0 Å². The Labute approximate surface area is 210 Å². The molecule has 37 heavy (non-hydrogen) atoms. The molecule has 1 aliphatic heterocycles. The number of phenols is 2. The van der Waals surface area contributed by atoms with Gasteiger partial charge < -0.3 is 20.3 Å². The molecule has 0 bridgehead atoms. The standard InChI is InChI=1S/C26H23N5O6/c1-11-22(34)20(13(3)32)24-21(23(11)35)26(4)17(37-24)10-16(33)19(25(26)36)12(2)27-15-8-6-5-7-14(15)9-18-28-30-31-29-18/h5-8,10,27,34-35H,9H2,1-4H3,(H,28,29,30,31). The third-order valence-electron chi connectivity index (χ3n) is 6.84. The first-order chi connectivity index (χ1) is 17.6. The van der Waals surface area contributed by atoms with Crippen LogP contribution in [-0.4, -0.2) is 48.2 Å². The summed E-state index contributed by atoms with van der Waals surface area (Å²) in [6.07, 6.45) is 1.54. The molecule has 5 rings (SSSR count). The van der Waals surface area contributed by atoms with E-state index in [0.29, 0.717) is 23.6 Å². The molecule has 2 aliphatic rings. The van der Waals surface area contributed by atoms with Gasteiger partial charge in [0.15, 0.2) is 23.2 Å². The van der Waals surface area contributed by atoms with Crippen LogP contribution in [0.15, 0.2) is 47.4 Å². The normalized spacial score (nSPS) is 19.6. The molecule has 188 valence electrons. The van der Waals surface area contributed by atoms with E-state index in [1.165, 1.54) is 26.8 Å². The zero-order valence-electron chi connectivity index (χ0n) is 20.5. The molecule has 1 unspecified atom stereocenters. The average molecular weight is 501 g/mol. The third-order valence-corrected chi connectivity index (χ3v) is 6.84. The lowest BCUT2D eigenvalue weighted by molar-refractivity contribution is -0.123. The van der Waals surface area contributed by atoms with Crippen LogP contribution in [0.5, 0.6) is 17.2 Å². The van der Waals surface area contributed by atoms with Crippen LogP contribution in [0.4, 0.5) is 5.69 Å². The number of tetrazole rings is 1. The molecular formula is C26H23N5O6. The number of hydrogen-bond acceptors (Lipinski definition) is 10. The van der Waals surface area contributed by atoms with Gasteiger partial charge in [-0.3, -0.25) is 14.4 Å². The Hall–Kier alpha value is -4.80. The van der Waals surface area contributed by atoms with Crippen molar-refractivity contribution in [1.82, 2.24) is 20.6 Å². The Morgan fingerprint density at radius 1 is 1.16 bits per heavy atom. The van der Waals surface area contributed by atoms with E-state index < -0.39 is 28.5 Å². The summed E-state index contributed by atoms with van der Waals surface area (Å²) < 4.78 is 5.80. The highest BCUT2D eigenvalue weighted by molar-refractivity contribution is 6.31. The van der Waals surface area contributed by atoms with Crippen molar-refractivity contribution in [3.8, 4) is 17.2 Å². The molecule has 2 aromatic carbocycles. The lowest BCUT2D eigenvalue weighted by Crippen LogP contribution is -2.40. The number of carbonyl (C=O) groups is 3. The van der Waals surface area contributed by atoms with E-state index in [1.54, 1.807) is 13.0 Å². The number of ketones is 3. The summed E-state index contributed by atoms with van der Waals surface area (Å²) in [5, 5.41) is 38.5. The second-order valence-corrected chi connectivity index (χ2v) is 9.17. The van der Waals surface area contributed by atoms with Gasteiger partial charge in [0.2, 0.25) is 0 Å². The van der Waals surface area contributed by atoms with Crippen LogP contribution >= 0.6 is 0 Å². The first kappa shape index (κ1) is 23.9. The molecule has 0 saturated heterocycles. The van der Waals surface area contributed by atoms with E-state index in [-0.39, 0.29) is 39.5 Å². The van der Waals surface area contributed by atoms with Crippen molar-refractivity contribution in [3.63, 3.8) is 0 Å². The average Bonchev–Trinajstić information content (AvgIpc) is 3.45. The van der Waals surface area contributed by atoms with Crippen LogP contribution in [0.1, 0.15) is 53.6 Å². The maximum absolute atomic E-state index is 14.0. The fourth-order valence-corrected chi connectivity index (χ4v) is 4.85. The Morgan fingerprint density at radius 2 is 1.89 bits per heavy atom. The second-order valence-electron chi connectivity index (χ2n) is 9.17. The van der Waals surface area contributed by atoms with Gasteiger partial charge in [-0.1, -0.05) is 23.4 Å². The summed E-state index contributed by atoms with van der Waals surface area (Å²) in [6, 6.07) is 7.31. The quantitative estimate of drug-likeness (QED) is 0.232. The molecule has 0 radical (unpaired) electrons. The first-order valence-electron chi connectivity index (χ1n) is 11.4. The molecule has 0 saturated carbocycles. The summed E-state index contributed by atoms with van der Waals surface area (Å²) in [5.74, 6) is -2.18. The number of nitrogens with zero attached hydrogens (tertiary/aromatic N) is 3. The summed E-state index contributed by atoms with van der Waals surface area (Å²) in [4.78, 5) is 39.5. The summed E-state index contributed by atoms with van der Waals surface area (Å²) in [7, 11) is 0. The molecule has 0 spiro atoms. The van der Waals surface area contributed by atoms with E-state index >= 15 is 0 Å². The molecule has 4 N–H and O–H groups in total. The van der Waals surface area contributed by atoms with Gasteiger partial charge in [0, 0.05) is 29.4 Å². The topological polar surface area (TPSA) is 167 Å². The Bertz CT molecular complexity index is 1570. The van der Waals surface area contributed by atoms with Crippen molar-refractivity contribution in [2.75, 3.05) is 5.32 Å². The van der Waals surface area contributed by atoms with Gasteiger partial charge in [-0.25, -0.2) is 0 Å². The number of allylic oxidation sites excluding steroid dienone is 4. The van der Waals surface area contributed by atoms with E-state index in [0.717, 1.165) is 5.56 Å². The number of nitrogens with one attached hydrogen (secondary N) is 2. The van der Waals surface area contributed by atoms with Crippen LogP contribution in [-0.2, 0) is 21.4 Å². The van der Waals surface area contributed by atoms with Gasteiger partial charge in [0.05, 0.1) is 11.1 Å². The molecule has 3 aromatic rings. The van der Waals surface area contributed by atoms with Crippen molar-refractivity contribution in [1.29, 1.82) is 0 Å². The number of aromatic hydroxyl groups is 2. The molecule has 1 atom stereocenters. The Kier molecular flexibility index (Phi) is 5.43. The minimum absolute atomic E-state index is 0.0191. The largest absolute Gasteiger partial charge is 0.507 e. The van der Waals surface area contributed by atoms with E-state index in [9.17, 15) is 24.6 Å². The smallest absolute Gasteiger partial charge is 0.194 e. The first-order valence-corrected chi connectivity index (χ1v) is 11.4. The van der Waals surface area contributed by atoms with Crippen molar-refractivity contribution in [2.24, 2.45) is 0 Å². The number of carbonyl (C=O) groups excluding carboxylic acids is 3. The highest BCUT2D eigenvalue weighted by atomic mass is 16.5. The summed E-state index contributed by atoms with van der Waals surface area (Å²) in [6.45, 7) is 5.81. The predicted octanol–water partition coefficient (Wildman–Crippen LogP) is 2.78. The predicted molar refractivity (Wildman–Crippen MR) is 130 cm³/mol. The highest BCUT2D eigenvalue weighted by Crippen LogP contribution is 2.57. The highest BCUT2D eigenvalue weighted by Gasteiger charge is 2.56. The molecule has 1 aromatic heterocycles. The number of benzene rings is 2. The fraction of sp³-hybridized carbons (Fsp3) is 0.231. The SMILES string of the molecule is CC(=O)c1c(O)c(C)c(O)c2c1OC1=CC(=O)C(=C(C)Nc3ccccc3Cc3nn[nH]n3)C(=O)C12C. The molecule has 11 nitrogen and oxygen atoms in total. The number of aromatic amines is 1. The number of hydrogen-bond donors (Lipinski definition) is 4. The number of phenolic OH excluding ortho intramolecular Hbond substituents is 2. The number of anilines is 1. The van der Waals surface area contributed by atoms with Crippen molar-refractivity contribution in [2.45, 2.75) is 39.5 Å². The van der Waals surface area contributed by atoms with Crippen molar-refractivity contribution >= 4 is 23.0 Å². The van der Waals surface area contributed by atoms with Crippen LogP contribution in [0.3, 0.4) is 0 Å². The molecule has 11 heteroatoms. The zero-order valence-corrected chi connectivity index (χ0v) is 20.5. The number of aromatic nitrogens is 4. The molecular weight excluding hydrogens is 478 g/mol. The number of para-hydroxylation sites is 1. The van der Waals surface area contributed by atoms with Crippen molar-refractivity contribution in [3.05, 3.63) is 75.4 Å². The Morgan fingerprint density at radius 3 is 2.57 bits per heavy atom. The number of rotatable bonds is 5. The lowest BCUT2D eigenvalue weighted by Gasteiger charge is -2.29. The molecule has 0 amide bonds. The van der Waals surface area contributed by atoms with Gasteiger partial charge in [-0.05, 0) is 39.3 Å². The zero-order chi connectivity index (χ0) is 26.6. The van der Waals surface area contributed by atoms with Crippen LogP contribution in [0.25, 0.3) is 0 Å². The lowest BCUT2D eigenvalue weighted by atomic mass is 9.70. The molecule has 0 fully saturated rings. The van der Waals surface area contributed by atoms with Crippen LogP contribution in [0, 0.1) is 6.92 Å². The van der Waals surface area contributed by atoms with E-state index in [2.05, 4.69) is 25.9 Å². The third kappa shape index (κ3) is 3.50. The fourth-order valence-electron chi connectivity index (χ4n) is 4.85. The van der Waals surface area contributed by atoms with Gasteiger partial charge in [-0.15, -0.1) is 10.2 Å². The van der Waals surface area contributed by atoms with Gasteiger partial charge >= 0.3 is 0 Å². The van der Waals surface area contributed by atoms with Crippen molar-refractivity contribution < 1.29 is 29.3 Å². The maximum Gasteiger partial charge on any atom is 0.194 e. The van der Waals surface area contributed by atoms with Crippen LogP contribution in [0.2, 0.25) is 0 Å². The second kappa shape index (κ2) is 8.40. The monoisotopic (exact) mass is 501 g/mol. The number of Topliss-reactive ketones (excluding diaryl/α,β-unsaturated/α-hetero) is 2. The maximum atomic E-state index is 14.0. The minimum Gasteiger partial charge on any atom is -0.507 e. The van der Waals surface area contributed by atoms with Gasteiger partial charge in [-0.2, -0.15) is 5.21 Å². The van der Waals surface area contributed by atoms with E-state index in [4.69, 9.17) is 4.74 Å². The van der Waals surface area contributed by atoms with E-state index in [1.807, 2.05) is 18.2 Å². The van der Waals surface area contributed by atoms with Gasteiger partial charge in [0.1, 0.15) is 34.0 Å². The molecule has 1 aliphatic carbocycles. The Balaban J connectivity index is 1.61. The molecule has 2 heterocycles. The summed E-state index contributed by atoms with van der Waals surface area (Å²) >= 11 is 0. The minimum atomic E-state index is -1.58. The number of H-pyrrole nitrogens is 1. The number of fused-ring (bicyclic) bond motifs is 3. The number of ether oxygens (including phenoxy) is 1. The summed E-state index contributed by atoms with van der Waals surface area (Å²) in [5.41, 5.74) is -0.0325. The van der Waals surface area contributed by atoms with Crippen LogP contribution < -0.4 is 10.1 Å².